The Bertz CT molecular complexity index is 806. The number of anilines is 1. The van der Waals surface area contributed by atoms with Gasteiger partial charge < -0.3 is 10.2 Å². The molecule has 3 rings (SSSR count). The van der Waals surface area contributed by atoms with E-state index >= 15 is 0 Å². The Balaban J connectivity index is 1.60. The number of hydrogen-bond acceptors (Lipinski definition) is 2. The first-order valence-electron chi connectivity index (χ1n) is 8.14. The molecule has 1 atom stereocenters. The van der Waals surface area contributed by atoms with Crippen molar-refractivity contribution in [3.63, 3.8) is 0 Å². The molecular weight excluding hydrogens is 345 g/mol. The van der Waals surface area contributed by atoms with Crippen molar-refractivity contribution in [2.75, 3.05) is 11.4 Å². The predicted molar refractivity (Wildman–Crippen MR) is 90.5 cm³/mol. The maximum absolute atomic E-state index is 12.7. The summed E-state index contributed by atoms with van der Waals surface area (Å²) >= 11 is 0. The SMILES string of the molecule is O=C(Cc1cccc(C(F)(F)F)c1)N[C@@H]1CC(=O)N(c2ccccc2)C1. The number of nitrogens with one attached hydrogen (secondary N) is 1. The number of carbonyl (C=O) groups excluding carboxylic acids is 2. The minimum atomic E-state index is -4.44. The summed E-state index contributed by atoms with van der Waals surface area (Å²) in [5.74, 6) is -0.502. The van der Waals surface area contributed by atoms with Gasteiger partial charge in [-0.05, 0) is 23.8 Å². The number of rotatable bonds is 4. The van der Waals surface area contributed by atoms with E-state index in [1.54, 1.807) is 4.90 Å². The average Bonchev–Trinajstić information content (AvgIpc) is 2.95. The maximum Gasteiger partial charge on any atom is 0.416 e. The third-order valence-electron chi connectivity index (χ3n) is 4.18. The third-order valence-corrected chi connectivity index (χ3v) is 4.18. The minimum Gasteiger partial charge on any atom is -0.351 e. The fourth-order valence-electron chi connectivity index (χ4n) is 2.98. The van der Waals surface area contributed by atoms with Crippen LogP contribution in [-0.4, -0.2) is 24.4 Å². The monoisotopic (exact) mass is 362 g/mol. The lowest BCUT2D eigenvalue weighted by Gasteiger charge is -2.17. The van der Waals surface area contributed by atoms with Gasteiger partial charge in [-0.2, -0.15) is 13.2 Å². The summed E-state index contributed by atoms with van der Waals surface area (Å²) in [7, 11) is 0. The van der Waals surface area contributed by atoms with E-state index in [0.29, 0.717) is 6.54 Å². The summed E-state index contributed by atoms with van der Waals surface area (Å²) in [4.78, 5) is 25.9. The van der Waals surface area contributed by atoms with Gasteiger partial charge in [0.1, 0.15) is 0 Å². The molecule has 1 N–H and O–H groups in total. The summed E-state index contributed by atoms with van der Waals surface area (Å²) in [5.41, 5.74) is 0.253. The zero-order valence-corrected chi connectivity index (χ0v) is 13.8. The van der Waals surface area contributed by atoms with Crippen molar-refractivity contribution in [1.82, 2.24) is 5.32 Å². The molecule has 7 heteroatoms. The molecule has 0 bridgehead atoms. The molecule has 1 aliphatic rings. The molecule has 4 nitrogen and oxygen atoms in total. The van der Waals surface area contributed by atoms with Crippen LogP contribution in [0.4, 0.5) is 18.9 Å². The molecule has 1 aliphatic heterocycles. The summed E-state index contributed by atoms with van der Waals surface area (Å²) in [6.07, 6.45) is -4.44. The molecule has 0 aliphatic carbocycles. The number of alkyl halides is 3. The molecule has 1 heterocycles. The van der Waals surface area contributed by atoms with Crippen LogP contribution in [0.25, 0.3) is 0 Å². The van der Waals surface area contributed by atoms with Gasteiger partial charge >= 0.3 is 6.18 Å². The number of para-hydroxylation sites is 1. The lowest BCUT2D eigenvalue weighted by Crippen LogP contribution is -2.38. The van der Waals surface area contributed by atoms with Crippen molar-refractivity contribution in [3.8, 4) is 0 Å². The van der Waals surface area contributed by atoms with Crippen LogP contribution in [0.3, 0.4) is 0 Å². The van der Waals surface area contributed by atoms with Crippen LogP contribution in [0.2, 0.25) is 0 Å². The number of nitrogens with zero attached hydrogens (tertiary/aromatic N) is 1. The van der Waals surface area contributed by atoms with Gasteiger partial charge in [-0.1, -0.05) is 36.4 Å². The predicted octanol–water partition coefficient (Wildman–Crippen LogP) is 3.17. The highest BCUT2D eigenvalue weighted by Gasteiger charge is 2.32. The van der Waals surface area contributed by atoms with Gasteiger partial charge in [0, 0.05) is 18.7 Å². The van der Waals surface area contributed by atoms with E-state index in [2.05, 4.69) is 5.32 Å². The van der Waals surface area contributed by atoms with Gasteiger partial charge in [0.15, 0.2) is 0 Å². The largest absolute Gasteiger partial charge is 0.416 e. The third kappa shape index (κ3) is 4.22. The molecule has 0 unspecified atom stereocenters. The molecule has 136 valence electrons. The lowest BCUT2D eigenvalue weighted by molar-refractivity contribution is -0.137. The maximum atomic E-state index is 12.7. The van der Waals surface area contributed by atoms with E-state index < -0.39 is 17.6 Å². The Kier molecular flexibility index (Phi) is 4.97. The van der Waals surface area contributed by atoms with Crippen molar-refractivity contribution in [1.29, 1.82) is 0 Å². The molecule has 0 saturated carbocycles. The van der Waals surface area contributed by atoms with Crippen molar-refractivity contribution in [2.24, 2.45) is 0 Å². The quantitative estimate of drug-likeness (QED) is 0.908. The van der Waals surface area contributed by atoms with E-state index in [9.17, 15) is 22.8 Å². The van der Waals surface area contributed by atoms with E-state index in [0.717, 1.165) is 17.8 Å². The van der Waals surface area contributed by atoms with Gasteiger partial charge in [-0.3, -0.25) is 9.59 Å². The van der Waals surface area contributed by atoms with Crippen molar-refractivity contribution >= 4 is 17.5 Å². The van der Waals surface area contributed by atoms with Crippen LogP contribution in [0, 0.1) is 0 Å². The average molecular weight is 362 g/mol. The van der Waals surface area contributed by atoms with Gasteiger partial charge in [0.05, 0.1) is 18.0 Å². The first-order valence-corrected chi connectivity index (χ1v) is 8.14. The normalized spacial score (nSPS) is 17.4. The summed E-state index contributed by atoms with van der Waals surface area (Å²) in [6.45, 7) is 0.344. The Morgan fingerprint density at radius 1 is 1.12 bits per heavy atom. The summed E-state index contributed by atoms with van der Waals surface area (Å²) in [5, 5.41) is 2.73. The zero-order chi connectivity index (χ0) is 18.7. The zero-order valence-electron chi connectivity index (χ0n) is 13.8. The molecule has 0 aromatic heterocycles. The first kappa shape index (κ1) is 18.0. The van der Waals surface area contributed by atoms with Gasteiger partial charge in [0.25, 0.3) is 0 Å². The van der Waals surface area contributed by atoms with Crippen molar-refractivity contribution in [3.05, 3.63) is 65.7 Å². The Morgan fingerprint density at radius 2 is 1.85 bits per heavy atom. The molecule has 0 spiro atoms. The molecule has 2 aromatic rings. The van der Waals surface area contributed by atoms with E-state index in [4.69, 9.17) is 0 Å². The molecule has 1 saturated heterocycles. The number of benzene rings is 2. The van der Waals surface area contributed by atoms with Gasteiger partial charge in [0.2, 0.25) is 11.8 Å². The summed E-state index contributed by atoms with van der Waals surface area (Å²) < 4.78 is 38.2. The second-order valence-electron chi connectivity index (χ2n) is 6.18. The molecule has 2 amide bonds. The number of hydrogen-bond donors (Lipinski definition) is 1. The highest BCUT2D eigenvalue weighted by Crippen LogP contribution is 2.29. The van der Waals surface area contributed by atoms with E-state index in [1.165, 1.54) is 12.1 Å². The number of halogens is 3. The van der Waals surface area contributed by atoms with Crippen molar-refractivity contribution in [2.45, 2.75) is 25.1 Å². The number of amides is 2. The minimum absolute atomic E-state index is 0.0967. The number of carbonyl (C=O) groups is 2. The molecule has 26 heavy (non-hydrogen) atoms. The molecule has 1 fully saturated rings. The van der Waals surface area contributed by atoms with Crippen molar-refractivity contribution < 1.29 is 22.8 Å². The van der Waals surface area contributed by atoms with Crippen LogP contribution in [0.5, 0.6) is 0 Å². The Labute approximate surface area is 148 Å². The Hall–Kier alpha value is -2.83. The topological polar surface area (TPSA) is 49.4 Å². The van der Waals surface area contributed by atoms with Gasteiger partial charge in [-0.15, -0.1) is 0 Å². The fourth-order valence-corrected chi connectivity index (χ4v) is 2.98. The van der Waals surface area contributed by atoms with Gasteiger partial charge in [-0.25, -0.2) is 0 Å². The molecular formula is C19H17F3N2O2. The molecule has 0 radical (unpaired) electrons. The summed E-state index contributed by atoms with van der Waals surface area (Å²) in [6, 6.07) is 13.4. The standard InChI is InChI=1S/C19H17F3N2O2/c20-19(21,22)14-6-4-5-13(9-14)10-17(25)23-15-11-18(26)24(12-15)16-7-2-1-3-8-16/h1-9,15H,10-12H2,(H,23,25)/t15-/m1/s1. The highest BCUT2D eigenvalue weighted by atomic mass is 19.4. The van der Waals surface area contributed by atoms with Crippen LogP contribution in [0.15, 0.2) is 54.6 Å². The highest BCUT2D eigenvalue weighted by molar-refractivity contribution is 5.96. The van der Waals surface area contributed by atoms with Crippen LogP contribution < -0.4 is 10.2 Å². The smallest absolute Gasteiger partial charge is 0.351 e. The lowest BCUT2D eigenvalue weighted by atomic mass is 10.1. The van der Waals surface area contributed by atoms with Crippen LogP contribution in [-0.2, 0) is 22.2 Å². The van der Waals surface area contributed by atoms with Crippen LogP contribution in [0.1, 0.15) is 17.5 Å². The molecule has 2 aromatic carbocycles. The van der Waals surface area contributed by atoms with E-state index in [1.807, 2.05) is 30.3 Å². The van der Waals surface area contributed by atoms with Crippen LogP contribution >= 0.6 is 0 Å². The fraction of sp³-hybridized carbons (Fsp3) is 0.263. The second kappa shape index (κ2) is 7.19. The van der Waals surface area contributed by atoms with E-state index in [-0.39, 0.29) is 30.4 Å². The second-order valence-corrected chi connectivity index (χ2v) is 6.18. The first-order chi connectivity index (χ1) is 12.3. The Morgan fingerprint density at radius 3 is 2.54 bits per heavy atom.